The summed E-state index contributed by atoms with van der Waals surface area (Å²) in [6.07, 6.45) is 16.1. The normalized spacial score (nSPS) is 15.4. The molecule has 2 atom stereocenters. The van der Waals surface area contributed by atoms with Gasteiger partial charge in [0.2, 0.25) is 0 Å². The monoisotopic (exact) mass is 360 g/mol. The van der Waals surface area contributed by atoms with Gasteiger partial charge in [0.1, 0.15) is 0 Å². The number of rotatable bonds is 12. The maximum atomic E-state index is 10.6. The highest BCUT2D eigenvalue weighted by Gasteiger charge is 2.12. The first-order valence-corrected chi connectivity index (χ1v) is 9.30. The Morgan fingerprint density at radius 3 is 2.73 bits per heavy atom. The summed E-state index contributed by atoms with van der Waals surface area (Å²) in [5, 5.41) is 18.0. The van der Waals surface area contributed by atoms with Crippen LogP contribution in [-0.4, -0.2) is 22.3 Å². The number of carboxylic acids is 1. The summed E-state index contributed by atoms with van der Waals surface area (Å²) in [5.74, 6) is -0.709. The van der Waals surface area contributed by atoms with Gasteiger partial charge in [-0.05, 0) is 63.5 Å². The highest BCUT2D eigenvalue weighted by Crippen LogP contribution is 2.13. The van der Waals surface area contributed by atoms with E-state index in [1.807, 2.05) is 19.1 Å². The number of hydrogen-bond donors (Lipinski definition) is 2. The fourth-order valence-electron chi connectivity index (χ4n) is 2.66. The Bertz CT molecular complexity index is 608. The molecule has 0 fully saturated rings. The molecular formula is C22H32O4. The van der Waals surface area contributed by atoms with Crippen molar-refractivity contribution in [1.82, 2.24) is 0 Å². The SMILES string of the molecule is C/C(=C/CC[C@H](C)/C=C/C=C(\C)CCCc1ccoc1)CC(O)C(=O)O. The van der Waals surface area contributed by atoms with Gasteiger partial charge < -0.3 is 14.6 Å². The third kappa shape index (κ3) is 10.0. The largest absolute Gasteiger partial charge is 0.479 e. The quantitative estimate of drug-likeness (QED) is 0.392. The van der Waals surface area contributed by atoms with E-state index in [0.717, 1.165) is 37.7 Å². The van der Waals surface area contributed by atoms with Crippen LogP contribution < -0.4 is 0 Å². The molecule has 0 amide bonds. The molecule has 1 rings (SSSR count). The number of aliphatic hydroxyl groups excluding tert-OH is 1. The number of allylic oxidation sites excluding steroid dienone is 5. The Kier molecular flexibility index (Phi) is 10.4. The van der Waals surface area contributed by atoms with Crippen molar-refractivity contribution in [2.75, 3.05) is 0 Å². The van der Waals surface area contributed by atoms with Gasteiger partial charge in [-0.25, -0.2) is 4.79 Å². The van der Waals surface area contributed by atoms with E-state index in [2.05, 4.69) is 32.1 Å². The number of aliphatic hydroxyl groups is 1. The molecule has 1 heterocycles. The summed E-state index contributed by atoms with van der Waals surface area (Å²) in [7, 11) is 0. The lowest BCUT2D eigenvalue weighted by Crippen LogP contribution is -2.19. The average molecular weight is 360 g/mol. The smallest absolute Gasteiger partial charge is 0.332 e. The van der Waals surface area contributed by atoms with Crippen molar-refractivity contribution in [2.24, 2.45) is 5.92 Å². The molecule has 26 heavy (non-hydrogen) atoms. The molecule has 0 aliphatic rings. The fourth-order valence-corrected chi connectivity index (χ4v) is 2.66. The van der Waals surface area contributed by atoms with Crippen molar-refractivity contribution < 1.29 is 19.4 Å². The number of furan rings is 1. The molecule has 4 heteroatoms. The van der Waals surface area contributed by atoms with Crippen molar-refractivity contribution in [3.8, 4) is 0 Å². The predicted molar refractivity (Wildman–Crippen MR) is 105 cm³/mol. The average Bonchev–Trinajstić information content (AvgIpc) is 3.08. The van der Waals surface area contributed by atoms with Crippen molar-refractivity contribution in [1.29, 1.82) is 0 Å². The predicted octanol–water partition coefficient (Wildman–Crippen LogP) is 5.30. The maximum Gasteiger partial charge on any atom is 0.332 e. The first-order valence-electron chi connectivity index (χ1n) is 9.30. The van der Waals surface area contributed by atoms with Crippen LogP contribution in [0, 0.1) is 5.92 Å². The molecule has 1 aromatic heterocycles. The van der Waals surface area contributed by atoms with Gasteiger partial charge in [0.15, 0.2) is 6.10 Å². The number of aryl methyl sites for hydroxylation is 1. The molecule has 0 saturated carbocycles. The van der Waals surface area contributed by atoms with Crippen LogP contribution in [0.3, 0.4) is 0 Å². The Balaban J connectivity index is 2.24. The van der Waals surface area contributed by atoms with Gasteiger partial charge in [0, 0.05) is 6.42 Å². The van der Waals surface area contributed by atoms with Gasteiger partial charge in [0.05, 0.1) is 12.5 Å². The van der Waals surface area contributed by atoms with Gasteiger partial charge in [-0.1, -0.05) is 42.4 Å². The summed E-state index contributed by atoms with van der Waals surface area (Å²) in [6, 6.07) is 2.01. The van der Waals surface area contributed by atoms with Crippen LogP contribution in [0.5, 0.6) is 0 Å². The van der Waals surface area contributed by atoms with E-state index in [9.17, 15) is 9.90 Å². The molecule has 0 aromatic carbocycles. The number of carboxylic acid groups (broad SMARTS) is 1. The van der Waals surface area contributed by atoms with Crippen LogP contribution >= 0.6 is 0 Å². The summed E-state index contributed by atoms with van der Waals surface area (Å²) < 4.78 is 5.07. The van der Waals surface area contributed by atoms with Gasteiger partial charge in [-0.2, -0.15) is 0 Å². The molecular weight excluding hydrogens is 328 g/mol. The van der Waals surface area contributed by atoms with E-state index in [0.29, 0.717) is 5.92 Å². The summed E-state index contributed by atoms with van der Waals surface area (Å²) >= 11 is 0. The Hall–Kier alpha value is -2.07. The molecule has 0 aliphatic carbocycles. The molecule has 0 bridgehead atoms. The van der Waals surface area contributed by atoms with E-state index in [1.165, 1.54) is 11.1 Å². The highest BCUT2D eigenvalue weighted by atomic mass is 16.4. The molecule has 0 aliphatic heterocycles. The van der Waals surface area contributed by atoms with Crippen LogP contribution in [-0.2, 0) is 11.2 Å². The Morgan fingerprint density at radius 2 is 2.08 bits per heavy atom. The van der Waals surface area contributed by atoms with Crippen LogP contribution in [0.1, 0.15) is 58.4 Å². The zero-order valence-corrected chi connectivity index (χ0v) is 16.1. The van der Waals surface area contributed by atoms with Crippen molar-refractivity contribution in [3.63, 3.8) is 0 Å². The van der Waals surface area contributed by atoms with Crippen molar-refractivity contribution >= 4 is 5.97 Å². The standard InChI is InChI=1S/C22H32O4/c1-17(9-5-11-19(3)15-21(23)22(24)25)7-4-8-18(2)10-6-12-20-13-14-26-16-20/h4,7-8,11,13-14,16-17,21,23H,5-6,9-10,12,15H2,1-3H3,(H,24,25)/b7-4+,18-8+,19-11-/t17-,21?/m1/s1. The van der Waals surface area contributed by atoms with E-state index < -0.39 is 12.1 Å². The van der Waals surface area contributed by atoms with Crippen molar-refractivity contribution in [3.05, 3.63) is 59.6 Å². The molecule has 4 nitrogen and oxygen atoms in total. The minimum atomic E-state index is -1.30. The molecule has 1 aromatic rings. The number of hydrogen-bond acceptors (Lipinski definition) is 3. The van der Waals surface area contributed by atoms with Gasteiger partial charge in [-0.3, -0.25) is 0 Å². The highest BCUT2D eigenvalue weighted by molar-refractivity contribution is 5.72. The minimum absolute atomic E-state index is 0.195. The lowest BCUT2D eigenvalue weighted by molar-refractivity contribution is -0.146. The lowest BCUT2D eigenvalue weighted by Gasteiger charge is -2.07. The third-order valence-corrected chi connectivity index (χ3v) is 4.35. The first kappa shape index (κ1) is 22.0. The van der Waals surface area contributed by atoms with Crippen LogP contribution in [0.4, 0.5) is 0 Å². The maximum absolute atomic E-state index is 10.6. The second-order valence-electron chi connectivity index (χ2n) is 7.05. The molecule has 1 unspecified atom stereocenters. The Morgan fingerprint density at radius 1 is 1.31 bits per heavy atom. The molecule has 144 valence electrons. The minimum Gasteiger partial charge on any atom is -0.479 e. The number of aliphatic carboxylic acids is 1. The zero-order valence-electron chi connectivity index (χ0n) is 16.1. The summed E-state index contributed by atoms with van der Waals surface area (Å²) in [5.41, 5.74) is 3.54. The number of carbonyl (C=O) groups is 1. The molecule has 0 spiro atoms. The molecule has 0 saturated heterocycles. The van der Waals surface area contributed by atoms with Gasteiger partial charge >= 0.3 is 5.97 Å². The van der Waals surface area contributed by atoms with Crippen LogP contribution in [0.15, 0.2) is 58.5 Å². The topological polar surface area (TPSA) is 70.7 Å². The summed E-state index contributed by atoms with van der Waals surface area (Å²) in [6.45, 7) is 6.19. The Labute approximate surface area is 156 Å². The molecule has 0 radical (unpaired) electrons. The van der Waals surface area contributed by atoms with E-state index in [1.54, 1.807) is 12.5 Å². The molecule has 2 N–H and O–H groups in total. The van der Waals surface area contributed by atoms with Crippen LogP contribution in [0.2, 0.25) is 0 Å². The van der Waals surface area contributed by atoms with E-state index >= 15 is 0 Å². The van der Waals surface area contributed by atoms with E-state index in [4.69, 9.17) is 9.52 Å². The third-order valence-electron chi connectivity index (χ3n) is 4.35. The summed E-state index contributed by atoms with van der Waals surface area (Å²) in [4.78, 5) is 10.6. The zero-order chi connectivity index (χ0) is 19.4. The second-order valence-corrected chi connectivity index (χ2v) is 7.05. The van der Waals surface area contributed by atoms with E-state index in [-0.39, 0.29) is 6.42 Å². The lowest BCUT2D eigenvalue weighted by atomic mass is 10.0. The first-order chi connectivity index (χ1) is 12.4. The van der Waals surface area contributed by atoms with Crippen LogP contribution in [0.25, 0.3) is 0 Å². The van der Waals surface area contributed by atoms with Gasteiger partial charge in [-0.15, -0.1) is 0 Å². The van der Waals surface area contributed by atoms with Crippen molar-refractivity contribution in [2.45, 2.75) is 65.4 Å². The van der Waals surface area contributed by atoms with Gasteiger partial charge in [0.25, 0.3) is 0 Å². The second kappa shape index (κ2) is 12.3. The fraction of sp³-hybridized carbons (Fsp3) is 0.500.